The molecular formula is C26H26ClNO4S. The van der Waals surface area contributed by atoms with Crippen molar-refractivity contribution >= 4 is 35.3 Å². The van der Waals surface area contributed by atoms with Gasteiger partial charge in [0.05, 0.1) is 29.4 Å². The predicted octanol–water partition coefficient (Wildman–Crippen LogP) is 5.75. The number of carbonyl (C=O) groups excluding carboxylic acids is 2. The Labute approximate surface area is 203 Å². The van der Waals surface area contributed by atoms with Crippen molar-refractivity contribution in [3.63, 3.8) is 0 Å². The number of ether oxygens (including phenoxy) is 2. The lowest BCUT2D eigenvalue weighted by Crippen LogP contribution is -2.30. The number of unbranched alkanes of at least 4 members (excludes halogenated alkanes) is 1. The molecule has 0 fully saturated rings. The van der Waals surface area contributed by atoms with E-state index in [2.05, 4.69) is 5.32 Å². The maximum Gasteiger partial charge on any atom is 0.337 e. The summed E-state index contributed by atoms with van der Waals surface area (Å²) in [6, 6.07) is 15.6. The van der Waals surface area contributed by atoms with Gasteiger partial charge in [-0.05, 0) is 42.7 Å². The van der Waals surface area contributed by atoms with Crippen LogP contribution in [0.4, 0.5) is 0 Å². The number of carbonyl (C=O) groups is 2. The zero-order chi connectivity index (χ0) is 23.4. The van der Waals surface area contributed by atoms with Gasteiger partial charge >= 0.3 is 11.9 Å². The maximum absolute atomic E-state index is 13.2. The highest BCUT2D eigenvalue weighted by Crippen LogP contribution is 2.44. The molecule has 1 atom stereocenters. The highest BCUT2D eigenvalue weighted by molar-refractivity contribution is 7.98. The molecule has 0 spiro atoms. The highest BCUT2D eigenvalue weighted by Gasteiger charge is 2.42. The summed E-state index contributed by atoms with van der Waals surface area (Å²) in [5, 5.41) is 3.90. The molecule has 1 unspecified atom stereocenters. The minimum atomic E-state index is -0.548. The molecule has 1 N–H and O–H groups in total. The summed E-state index contributed by atoms with van der Waals surface area (Å²) in [5.41, 5.74) is 4.33. The van der Waals surface area contributed by atoms with E-state index in [4.69, 9.17) is 21.1 Å². The molecule has 0 aromatic heterocycles. The topological polar surface area (TPSA) is 64.6 Å². The molecule has 2 aliphatic rings. The first-order valence-electron chi connectivity index (χ1n) is 11.0. The normalized spacial score (nSPS) is 17.5. The van der Waals surface area contributed by atoms with Crippen molar-refractivity contribution in [2.24, 2.45) is 0 Å². The fraction of sp³-hybridized carbons (Fsp3) is 0.308. The van der Waals surface area contributed by atoms with Crippen LogP contribution in [0, 0.1) is 0 Å². The van der Waals surface area contributed by atoms with Crippen LogP contribution in [0.1, 0.15) is 43.7 Å². The predicted molar refractivity (Wildman–Crippen MR) is 130 cm³/mol. The second-order valence-corrected chi connectivity index (χ2v) is 9.46. The maximum atomic E-state index is 13.2. The Morgan fingerprint density at radius 3 is 2.85 bits per heavy atom. The van der Waals surface area contributed by atoms with Gasteiger partial charge in [0.15, 0.2) is 0 Å². The van der Waals surface area contributed by atoms with Crippen LogP contribution in [-0.2, 0) is 24.8 Å². The molecule has 0 radical (unpaired) electrons. The molecule has 4 rings (SSSR count). The van der Waals surface area contributed by atoms with Crippen molar-refractivity contribution in [1.29, 1.82) is 0 Å². The van der Waals surface area contributed by atoms with Crippen LogP contribution in [0.2, 0.25) is 5.02 Å². The number of cyclic esters (lactones) is 1. The van der Waals surface area contributed by atoms with E-state index in [9.17, 15) is 9.59 Å². The molecule has 2 aliphatic heterocycles. The third-order valence-corrected chi connectivity index (χ3v) is 7.07. The van der Waals surface area contributed by atoms with E-state index in [0.29, 0.717) is 39.9 Å². The number of nitrogens with one attached hydrogen (secondary N) is 1. The molecule has 172 valence electrons. The minimum Gasteiger partial charge on any atom is -0.462 e. The van der Waals surface area contributed by atoms with Gasteiger partial charge in [-0.15, -0.1) is 11.8 Å². The second-order valence-electron chi connectivity index (χ2n) is 8.01. The molecule has 0 saturated heterocycles. The van der Waals surface area contributed by atoms with Crippen LogP contribution >= 0.6 is 23.4 Å². The summed E-state index contributed by atoms with van der Waals surface area (Å²) < 4.78 is 10.9. The third kappa shape index (κ3) is 5.12. The molecule has 7 heteroatoms. The monoisotopic (exact) mass is 483 g/mol. The summed E-state index contributed by atoms with van der Waals surface area (Å²) in [5.74, 6) is -0.644. The number of allylic oxidation sites excluding steroid dienone is 1. The standard InChI is InChI=1S/C26H26ClNO4S/c1-3-4-12-31-25(29)22-16(2)28-20-14-32-26(30)24(20)23(22)19-10-5-6-11-21(19)33-15-17-8-7-9-18(27)13-17/h5-11,13,23,28H,3-4,12,14-15H2,1-2H3. The lowest BCUT2D eigenvalue weighted by molar-refractivity contribution is -0.139. The average molecular weight is 484 g/mol. The van der Waals surface area contributed by atoms with Crippen molar-refractivity contribution in [3.8, 4) is 0 Å². The van der Waals surface area contributed by atoms with Crippen LogP contribution in [0.3, 0.4) is 0 Å². The zero-order valence-corrected chi connectivity index (χ0v) is 20.2. The Kier molecular flexibility index (Phi) is 7.46. The largest absolute Gasteiger partial charge is 0.462 e. The van der Waals surface area contributed by atoms with E-state index in [0.717, 1.165) is 28.9 Å². The molecule has 0 bridgehead atoms. The van der Waals surface area contributed by atoms with Gasteiger partial charge in [0.1, 0.15) is 6.61 Å². The molecule has 2 aromatic rings. The fourth-order valence-corrected chi connectivity index (χ4v) is 5.32. The second kappa shape index (κ2) is 10.5. The van der Waals surface area contributed by atoms with E-state index in [-0.39, 0.29) is 6.61 Å². The van der Waals surface area contributed by atoms with Crippen molar-refractivity contribution in [2.75, 3.05) is 13.2 Å². The number of halogens is 1. The highest BCUT2D eigenvalue weighted by atomic mass is 35.5. The van der Waals surface area contributed by atoms with Crippen LogP contribution in [0.15, 0.2) is 76.0 Å². The van der Waals surface area contributed by atoms with Gasteiger partial charge in [-0.1, -0.05) is 55.3 Å². The van der Waals surface area contributed by atoms with Crippen LogP contribution in [0.5, 0.6) is 0 Å². The number of hydrogen-bond acceptors (Lipinski definition) is 6. The summed E-state index contributed by atoms with van der Waals surface area (Å²) in [6.07, 6.45) is 1.72. The molecule has 0 amide bonds. The van der Waals surface area contributed by atoms with Gasteiger partial charge in [0, 0.05) is 21.4 Å². The fourth-order valence-electron chi connectivity index (χ4n) is 4.07. The van der Waals surface area contributed by atoms with Crippen LogP contribution in [0.25, 0.3) is 0 Å². The number of esters is 2. The summed E-state index contributed by atoms with van der Waals surface area (Å²) in [4.78, 5) is 26.9. The minimum absolute atomic E-state index is 0.179. The Morgan fingerprint density at radius 2 is 2.06 bits per heavy atom. The van der Waals surface area contributed by atoms with Crippen LogP contribution < -0.4 is 5.32 Å². The summed E-state index contributed by atoms with van der Waals surface area (Å²) in [6.45, 7) is 4.42. The molecule has 0 aliphatic carbocycles. The molecule has 0 saturated carbocycles. The number of benzene rings is 2. The average Bonchev–Trinajstić information content (AvgIpc) is 3.17. The number of hydrogen-bond donors (Lipinski definition) is 1. The first kappa shape index (κ1) is 23.5. The smallest absolute Gasteiger partial charge is 0.337 e. The molecule has 2 aromatic carbocycles. The van der Waals surface area contributed by atoms with E-state index in [1.165, 1.54) is 0 Å². The first-order valence-corrected chi connectivity index (χ1v) is 12.4. The number of dihydropyridines is 1. The van der Waals surface area contributed by atoms with Gasteiger partial charge < -0.3 is 14.8 Å². The first-order chi connectivity index (χ1) is 16.0. The summed E-state index contributed by atoms with van der Waals surface area (Å²) in [7, 11) is 0. The number of thioether (sulfide) groups is 1. The van der Waals surface area contributed by atoms with Crippen molar-refractivity contribution in [1.82, 2.24) is 5.32 Å². The van der Waals surface area contributed by atoms with Gasteiger partial charge in [-0.2, -0.15) is 0 Å². The van der Waals surface area contributed by atoms with Crippen LogP contribution in [-0.4, -0.2) is 25.2 Å². The molecule has 2 heterocycles. The Hall–Kier alpha value is -2.70. The van der Waals surface area contributed by atoms with E-state index >= 15 is 0 Å². The molecular weight excluding hydrogens is 458 g/mol. The Morgan fingerprint density at radius 1 is 1.24 bits per heavy atom. The lowest BCUT2D eigenvalue weighted by atomic mass is 9.81. The van der Waals surface area contributed by atoms with Gasteiger partial charge in [-0.25, -0.2) is 9.59 Å². The van der Waals surface area contributed by atoms with Crippen molar-refractivity contribution in [3.05, 3.63) is 87.2 Å². The summed E-state index contributed by atoms with van der Waals surface area (Å²) >= 11 is 7.79. The van der Waals surface area contributed by atoms with E-state index in [1.807, 2.05) is 62.4 Å². The Bertz CT molecular complexity index is 1140. The quantitative estimate of drug-likeness (QED) is 0.293. The van der Waals surface area contributed by atoms with E-state index in [1.54, 1.807) is 11.8 Å². The van der Waals surface area contributed by atoms with Gasteiger partial charge in [-0.3, -0.25) is 0 Å². The van der Waals surface area contributed by atoms with Crippen molar-refractivity contribution < 1.29 is 19.1 Å². The lowest BCUT2D eigenvalue weighted by Gasteiger charge is -2.29. The van der Waals surface area contributed by atoms with E-state index < -0.39 is 17.9 Å². The zero-order valence-electron chi connectivity index (χ0n) is 18.7. The Balaban J connectivity index is 1.71. The van der Waals surface area contributed by atoms with Gasteiger partial charge in [0.2, 0.25) is 0 Å². The number of rotatable bonds is 8. The molecule has 5 nitrogen and oxygen atoms in total. The third-order valence-electron chi connectivity index (χ3n) is 5.68. The van der Waals surface area contributed by atoms with Crippen molar-refractivity contribution in [2.45, 2.75) is 43.3 Å². The van der Waals surface area contributed by atoms with Gasteiger partial charge in [0.25, 0.3) is 0 Å². The molecule has 33 heavy (non-hydrogen) atoms. The SMILES string of the molecule is CCCCOC(=O)C1=C(C)NC2=C(C(=O)OC2)C1c1ccccc1SCc1cccc(Cl)c1.